The molecule has 0 aliphatic heterocycles. The third-order valence-corrected chi connectivity index (χ3v) is 3.34. The van der Waals surface area contributed by atoms with Crippen LogP contribution in [0.1, 0.15) is 32.1 Å². The molecule has 0 saturated heterocycles. The van der Waals surface area contributed by atoms with Crippen LogP contribution in [0.4, 0.5) is 0 Å². The quantitative estimate of drug-likeness (QED) is 0.712. The fraction of sp³-hybridized carbons (Fsp3) is 0.667. The van der Waals surface area contributed by atoms with E-state index in [4.69, 9.17) is 0 Å². The van der Waals surface area contributed by atoms with Gasteiger partial charge in [0.15, 0.2) is 0 Å². The van der Waals surface area contributed by atoms with Crippen LogP contribution in [-0.2, 0) is 6.42 Å². The molecule has 0 unspecified atom stereocenters. The Morgan fingerprint density at radius 2 is 2.21 bits per heavy atom. The zero-order valence-corrected chi connectivity index (χ0v) is 10.3. The molecule has 1 rings (SSSR count). The Hall–Kier alpha value is -0.340. The number of hydrogen-bond donors (Lipinski definition) is 1. The average molecular weight is 211 g/mol. The average Bonchev–Trinajstić information content (AvgIpc) is 2.56. The molecule has 0 aliphatic rings. The van der Waals surface area contributed by atoms with Crippen LogP contribution in [0.5, 0.6) is 0 Å². The number of thiophene rings is 1. The fourth-order valence-electron chi connectivity index (χ4n) is 1.58. The van der Waals surface area contributed by atoms with E-state index < -0.39 is 0 Å². The molecule has 14 heavy (non-hydrogen) atoms. The number of hydrogen-bond acceptors (Lipinski definition) is 2. The highest BCUT2D eigenvalue weighted by molar-refractivity contribution is 7.09. The third kappa shape index (κ3) is 4.25. The summed E-state index contributed by atoms with van der Waals surface area (Å²) in [6.45, 7) is 9.07. The van der Waals surface area contributed by atoms with Crippen molar-refractivity contribution in [3.63, 3.8) is 0 Å². The maximum atomic E-state index is 3.39. The second-order valence-electron chi connectivity index (χ2n) is 4.52. The predicted molar refractivity (Wildman–Crippen MR) is 65.0 cm³/mol. The molecule has 1 nitrogen and oxygen atoms in total. The summed E-state index contributed by atoms with van der Waals surface area (Å²) < 4.78 is 0. The Labute approximate surface area is 91.5 Å². The largest absolute Gasteiger partial charge is 0.317 e. The van der Waals surface area contributed by atoms with Crippen molar-refractivity contribution in [2.45, 2.75) is 33.6 Å². The molecule has 0 atom stereocenters. The highest BCUT2D eigenvalue weighted by Crippen LogP contribution is 2.27. The minimum atomic E-state index is 0.424. The van der Waals surface area contributed by atoms with Gasteiger partial charge in [0.2, 0.25) is 0 Å². The van der Waals surface area contributed by atoms with Gasteiger partial charge in [-0.15, -0.1) is 11.3 Å². The van der Waals surface area contributed by atoms with E-state index in [9.17, 15) is 0 Å². The lowest BCUT2D eigenvalue weighted by Crippen LogP contribution is -2.23. The molecule has 0 bridgehead atoms. The summed E-state index contributed by atoms with van der Waals surface area (Å²) in [6, 6.07) is 4.38. The molecular weight excluding hydrogens is 190 g/mol. The molecule has 1 aromatic heterocycles. The van der Waals surface area contributed by atoms with Gasteiger partial charge in [-0.05, 0) is 42.8 Å². The van der Waals surface area contributed by atoms with Gasteiger partial charge >= 0.3 is 0 Å². The van der Waals surface area contributed by atoms with Gasteiger partial charge < -0.3 is 5.32 Å². The summed E-state index contributed by atoms with van der Waals surface area (Å²) in [4.78, 5) is 1.51. The molecule has 0 aliphatic carbocycles. The van der Waals surface area contributed by atoms with Crippen molar-refractivity contribution >= 4 is 11.3 Å². The third-order valence-electron chi connectivity index (χ3n) is 2.46. The maximum absolute atomic E-state index is 3.39. The van der Waals surface area contributed by atoms with Crippen molar-refractivity contribution in [3.8, 4) is 0 Å². The molecule has 1 heterocycles. The van der Waals surface area contributed by atoms with Crippen molar-refractivity contribution < 1.29 is 0 Å². The van der Waals surface area contributed by atoms with Crippen LogP contribution in [0.25, 0.3) is 0 Å². The minimum absolute atomic E-state index is 0.424. The Balaban J connectivity index is 2.33. The highest BCUT2D eigenvalue weighted by Gasteiger charge is 2.18. The van der Waals surface area contributed by atoms with Gasteiger partial charge in [-0.1, -0.05) is 26.8 Å². The summed E-state index contributed by atoms with van der Waals surface area (Å²) in [5.41, 5.74) is 0.424. The van der Waals surface area contributed by atoms with Crippen LogP contribution < -0.4 is 5.32 Å². The summed E-state index contributed by atoms with van der Waals surface area (Å²) in [7, 11) is 0. The predicted octanol–water partition coefficient (Wildman–Crippen LogP) is 3.32. The molecule has 0 radical (unpaired) electrons. The zero-order chi connectivity index (χ0) is 10.4. The number of nitrogens with one attached hydrogen (secondary N) is 1. The van der Waals surface area contributed by atoms with E-state index in [0.717, 1.165) is 13.1 Å². The van der Waals surface area contributed by atoms with E-state index in [1.54, 1.807) is 0 Å². The van der Waals surface area contributed by atoms with Crippen LogP contribution in [0.3, 0.4) is 0 Å². The van der Waals surface area contributed by atoms with Crippen molar-refractivity contribution in [1.82, 2.24) is 5.32 Å². The van der Waals surface area contributed by atoms with Gasteiger partial charge in [-0.2, -0.15) is 0 Å². The lowest BCUT2D eigenvalue weighted by Gasteiger charge is -2.23. The van der Waals surface area contributed by atoms with Crippen LogP contribution in [0.15, 0.2) is 17.5 Å². The van der Waals surface area contributed by atoms with Gasteiger partial charge in [0.1, 0.15) is 0 Å². The second-order valence-corrected chi connectivity index (χ2v) is 5.56. The van der Waals surface area contributed by atoms with Gasteiger partial charge in [0.05, 0.1) is 0 Å². The molecule has 1 aromatic rings. The fourth-order valence-corrected chi connectivity index (χ4v) is 2.54. The van der Waals surface area contributed by atoms with Crippen LogP contribution in [0.2, 0.25) is 0 Å². The van der Waals surface area contributed by atoms with E-state index >= 15 is 0 Å². The lowest BCUT2D eigenvalue weighted by atomic mass is 9.85. The first kappa shape index (κ1) is 11.7. The monoisotopic (exact) mass is 211 g/mol. The smallest absolute Gasteiger partial charge is 0.00505 e. The standard InChI is InChI=1S/C12H21NS/c1-4-13-8-7-12(2,3)10-11-6-5-9-14-11/h5-6,9,13H,4,7-8,10H2,1-3H3. The molecule has 0 aromatic carbocycles. The minimum Gasteiger partial charge on any atom is -0.317 e. The number of rotatable bonds is 6. The summed E-state index contributed by atoms with van der Waals surface area (Å²) in [5.74, 6) is 0. The lowest BCUT2D eigenvalue weighted by molar-refractivity contribution is 0.329. The van der Waals surface area contributed by atoms with E-state index in [-0.39, 0.29) is 0 Å². The molecular formula is C12H21NS. The molecule has 2 heteroatoms. The van der Waals surface area contributed by atoms with Crippen molar-refractivity contribution in [1.29, 1.82) is 0 Å². The molecule has 0 saturated carbocycles. The van der Waals surface area contributed by atoms with Gasteiger partial charge in [0.25, 0.3) is 0 Å². The Morgan fingerprint density at radius 3 is 2.79 bits per heavy atom. The van der Waals surface area contributed by atoms with Crippen LogP contribution in [0, 0.1) is 5.41 Å². The first-order valence-corrected chi connectivity index (χ1v) is 6.25. The Morgan fingerprint density at radius 1 is 1.43 bits per heavy atom. The first-order valence-electron chi connectivity index (χ1n) is 5.37. The van der Waals surface area contributed by atoms with Crippen LogP contribution >= 0.6 is 11.3 Å². The van der Waals surface area contributed by atoms with E-state index in [1.807, 2.05) is 11.3 Å². The highest BCUT2D eigenvalue weighted by atomic mass is 32.1. The van der Waals surface area contributed by atoms with Gasteiger partial charge in [-0.3, -0.25) is 0 Å². The van der Waals surface area contributed by atoms with Gasteiger partial charge in [0, 0.05) is 4.88 Å². The zero-order valence-electron chi connectivity index (χ0n) is 9.47. The van der Waals surface area contributed by atoms with E-state index in [2.05, 4.69) is 43.6 Å². The molecule has 0 spiro atoms. The SMILES string of the molecule is CCNCCC(C)(C)Cc1cccs1. The first-order chi connectivity index (χ1) is 6.64. The Bertz CT molecular complexity index is 239. The summed E-state index contributed by atoms with van der Waals surface area (Å²) in [6.07, 6.45) is 2.45. The van der Waals surface area contributed by atoms with Crippen molar-refractivity contribution in [2.24, 2.45) is 5.41 Å². The normalized spacial score (nSPS) is 11.9. The van der Waals surface area contributed by atoms with Gasteiger partial charge in [-0.25, -0.2) is 0 Å². The topological polar surface area (TPSA) is 12.0 Å². The Kier molecular flexibility index (Phi) is 4.63. The molecule has 0 amide bonds. The van der Waals surface area contributed by atoms with Crippen LogP contribution in [-0.4, -0.2) is 13.1 Å². The molecule has 80 valence electrons. The summed E-state index contributed by atoms with van der Waals surface area (Å²) >= 11 is 1.87. The molecule has 1 N–H and O–H groups in total. The second kappa shape index (κ2) is 5.52. The molecule has 0 fully saturated rings. The summed E-state index contributed by atoms with van der Waals surface area (Å²) in [5, 5.41) is 5.55. The maximum Gasteiger partial charge on any atom is 0.00505 e. The van der Waals surface area contributed by atoms with Crippen molar-refractivity contribution in [3.05, 3.63) is 22.4 Å². The van der Waals surface area contributed by atoms with E-state index in [0.29, 0.717) is 5.41 Å². The van der Waals surface area contributed by atoms with E-state index in [1.165, 1.54) is 17.7 Å². The van der Waals surface area contributed by atoms with Crippen molar-refractivity contribution in [2.75, 3.05) is 13.1 Å².